The number of hydrogen-bond donors (Lipinski definition) is 0. The van der Waals surface area contributed by atoms with E-state index in [0.29, 0.717) is 11.3 Å². The van der Waals surface area contributed by atoms with Crippen LogP contribution >= 0.6 is 15.9 Å². The van der Waals surface area contributed by atoms with Gasteiger partial charge in [0.25, 0.3) is 0 Å². The second-order valence-corrected chi connectivity index (χ2v) is 5.21. The van der Waals surface area contributed by atoms with Crippen LogP contribution in [0.4, 0.5) is 0 Å². The largest absolute Gasteiger partial charge is 0.423 e. The van der Waals surface area contributed by atoms with Gasteiger partial charge in [0, 0.05) is 0 Å². The van der Waals surface area contributed by atoms with Crippen molar-refractivity contribution >= 4 is 21.9 Å². The average molecular weight is 357 g/mol. The number of aryl methyl sites for hydroxylation is 1. The molecule has 0 radical (unpaired) electrons. The molecule has 2 aromatic carbocycles. The van der Waals surface area contributed by atoms with Gasteiger partial charge in [-0.1, -0.05) is 64.5 Å². The SMILES string of the molecule is O=C(OC(/C=C/Br)=C/CCc1ccccc1)c1ccccc1. The lowest BCUT2D eigenvalue weighted by Crippen LogP contribution is -2.04. The maximum absolute atomic E-state index is 12.1. The first-order valence-electron chi connectivity index (χ1n) is 7.07. The highest BCUT2D eigenvalue weighted by Crippen LogP contribution is 2.11. The van der Waals surface area contributed by atoms with E-state index in [1.54, 1.807) is 23.2 Å². The van der Waals surface area contributed by atoms with Crippen LogP contribution in [0.25, 0.3) is 0 Å². The molecule has 0 heterocycles. The van der Waals surface area contributed by atoms with Crippen LogP contribution in [0.2, 0.25) is 0 Å². The Morgan fingerprint density at radius 2 is 1.64 bits per heavy atom. The summed E-state index contributed by atoms with van der Waals surface area (Å²) in [7, 11) is 0. The van der Waals surface area contributed by atoms with Crippen molar-refractivity contribution in [2.24, 2.45) is 0 Å². The van der Waals surface area contributed by atoms with E-state index in [1.807, 2.05) is 42.5 Å². The van der Waals surface area contributed by atoms with Gasteiger partial charge in [-0.3, -0.25) is 0 Å². The number of benzene rings is 2. The number of hydrogen-bond acceptors (Lipinski definition) is 2. The highest BCUT2D eigenvalue weighted by Gasteiger charge is 2.07. The van der Waals surface area contributed by atoms with E-state index in [2.05, 4.69) is 28.1 Å². The van der Waals surface area contributed by atoms with Crippen molar-refractivity contribution in [3.63, 3.8) is 0 Å². The van der Waals surface area contributed by atoms with Gasteiger partial charge in [0.15, 0.2) is 0 Å². The molecule has 0 amide bonds. The Kier molecular flexibility index (Phi) is 6.65. The van der Waals surface area contributed by atoms with Gasteiger partial charge in [0.05, 0.1) is 5.56 Å². The van der Waals surface area contributed by atoms with E-state index < -0.39 is 0 Å². The van der Waals surface area contributed by atoms with Crippen molar-refractivity contribution in [2.45, 2.75) is 12.8 Å². The molecule has 0 saturated heterocycles. The second kappa shape index (κ2) is 9.00. The lowest BCUT2D eigenvalue weighted by molar-refractivity contribution is 0.0636. The molecule has 0 atom stereocenters. The molecule has 2 nitrogen and oxygen atoms in total. The molecule has 0 fully saturated rings. The first-order chi connectivity index (χ1) is 10.8. The van der Waals surface area contributed by atoms with Crippen molar-refractivity contribution in [1.29, 1.82) is 0 Å². The zero-order valence-corrected chi connectivity index (χ0v) is 13.7. The lowest BCUT2D eigenvalue weighted by Gasteiger charge is -2.05. The highest BCUT2D eigenvalue weighted by atomic mass is 79.9. The van der Waals surface area contributed by atoms with E-state index in [0.717, 1.165) is 12.8 Å². The van der Waals surface area contributed by atoms with E-state index >= 15 is 0 Å². The first kappa shape index (κ1) is 16.2. The van der Waals surface area contributed by atoms with Crippen LogP contribution in [-0.4, -0.2) is 5.97 Å². The van der Waals surface area contributed by atoms with Crippen molar-refractivity contribution in [3.8, 4) is 0 Å². The minimum absolute atomic E-state index is 0.350. The Balaban J connectivity index is 1.97. The fourth-order valence-corrected chi connectivity index (χ4v) is 2.23. The van der Waals surface area contributed by atoms with Gasteiger partial charge >= 0.3 is 5.97 Å². The van der Waals surface area contributed by atoms with Crippen LogP contribution in [-0.2, 0) is 11.2 Å². The summed E-state index contributed by atoms with van der Waals surface area (Å²) in [6.07, 6.45) is 5.36. The molecule has 0 aromatic heterocycles. The molecule has 0 N–H and O–H groups in total. The number of carbonyl (C=O) groups is 1. The monoisotopic (exact) mass is 356 g/mol. The van der Waals surface area contributed by atoms with Crippen LogP contribution in [0.15, 0.2) is 83.6 Å². The van der Waals surface area contributed by atoms with E-state index in [-0.39, 0.29) is 5.97 Å². The maximum atomic E-state index is 12.1. The van der Waals surface area contributed by atoms with Crippen LogP contribution in [0.5, 0.6) is 0 Å². The zero-order chi connectivity index (χ0) is 15.6. The van der Waals surface area contributed by atoms with Gasteiger partial charge in [-0.05, 0) is 47.7 Å². The molecule has 0 aliphatic carbocycles. The third kappa shape index (κ3) is 5.34. The third-order valence-electron chi connectivity index (χ3n) is 3.07. The molecule has 0 unspecified atom stereocenters. The smallest absolute Gasteiger partial charge is 0.343 e. The van der Waals surface area contributed by atoms with Gasteiger partial charge in [-0.2, -0.15) is 0 Å². The minimum atomic E-state index is -0.350. The Morgan fingerprint density at radius 3 is 2.27 bits per heavy atom. The molecular formula is C19H17BrO2. The summed E-state index contributed by atoms with van der Waals surface area (Å²) in [4.78, 5) is 13.7. The Morgan fingerprint density at radius 1 is 1.00 bits per heavy atom. The predicted octanol–water partition coefficient (Wildman–Crippen LogP) is 5.27. The fraction of sp³-hybridized carbons (Fsp3) is 0.105. The van der Waals surface area contributed by atoms with Gasteiger partial charge < -0.3 is 4.74 Å². The van der Waals surface area contributed by atoms with Crippen molar-refractivity contribution in [1.82, 2.24) is 0 Å². The molecule has 0 aliphatic rings. The summed E-state index contributed by atoms with van der Waals surface area (Å²) in [5.74, 6) is 0.193. The third-order valence-corrected chi connectivity index (χ3v) is 3.33. The number of carbonyl (C=O) groups excluding carboxylic acids is 1. The Bertz CT molecular complexity index is 646. The standard InChI is InChI=1S/C19H17BrO2/c20-15-14-18(13-7-10-16-8-3-1-4-9-16)22-19(21)17-11-5-2-6-12-17/h1-6,8-9,11-15H,7,10H2/b15-14+,18-13+. The second-order valence-electron chi connectivity index (χ2n) is 4.68. The number of ether oxygens (including phenoxy) is 1. The van der Waals surface area contributed by atoms with Gasteiger partial charge in [0.2, 0.25) is 0 Å². The normalized spacial score (nSPS) is 11.6. The molecule has 0 bridgehead atoms. The Labute approximate surface area is 139 Å². The summed E-state index contributed by atoms with van der Waals surface area (Å²) in [6.45, 7) is 0. The molecule has 2 aromatic rings. The molecule has 22 heavy (non-hydrogen) atoms. The number of esters is 1. The van der Waals surface area contributed by atoms with Gasteiger partial charge in [-0.25, -0.2) is 4.79 Å². The molecule has 0 spiro atoms. The maximum Gasteiger partial charge on any atom is 0.343 e. The van der Waals surface area contributed by atoms with Gasteiger partial charge in [0.1, 0.15) is 5.76 Å². The van der Waals surface area contributed by atoms with Crippen molar-refractivity contribution < 1.29 is 9.53 Å². The van der Waals surface area contributed by atoms with Crippen LogP contribution in [0.3, 0.4) is 0 Å². The van der Waals surface area contributed by atoms with Crippen LogP contribution in [0, 0.1) is 0 Å². The van der Waals surface area contributed by atoms with Crippen molar-refractivity contribution in [3.05, 3.63) is 94.7 Å². The quantitative estimate of drug-likeness (QED) is 0.400. The molecule has 0 saturated carbocycles. The number of allylic oxidation sites excluding steroid dienone is 2. The molecular weight excluding hydrogens is 340 g/mol. The Hall–Kier alpha value is -2.13. The van der Waals surface area contributed by atoms with Crippen LogP contribution in [0.1, 0.15) is 22.3 Å². The van der Waals surface area contributed by atoms with Crippen molar-refractivity contribution in [2.75, 3.05) is 0 Å². The summed E-state index contributed by atoms with van der Waals surface area (Å²) in [5.41, 5.74) is 1.80. The predicted molar refractivity (Wildman–Crippen MR) is 92.8 cm³/mol. The van der Waals surface area contributed by atoms with Gasteiger partial charge in [-0.15, -0.1) is 0 Å². The molecule has 2 rings (SSSR count). The average Bonchev–Trinajstić information content (AvgIpc) is 2.57. The highest BCUT2D eigenvalue weighted by molar-refractivity contribution is 9.11. The summed E-state index contributed by atoms with van der Waals surface area (Å²) >= 11 is 3.22. The number of halogens is 1. The minimum Gasteiger partial charge on any atom is -0.423 e. The first-order valence-corrected chi connectivity index (χ1v) is 7.99. The van der Waals surface area contributed by atoms with E-state index in [4.69, 9.17) is 4.74 Å². The topological polar surface area (TPSA) is 26.3 Å². The van der Waals surface area contributed by atoms with E-state index in [9.17, 15) is 4.79 Å². The summed E-state index contributed by atoms with van der Waals surface area (Å²) < 4.78 is 5.42. The van der Waals surface area contributed by atoms with E-state index in [1.165, 1.54) is 5.56 Å². The number of rotatable bonds is 6. The molecule has 0 aliphatic heterocycles. The molecule has 112 valence electrons. The summed E-state index contributed by atoms with van der Waals surface area (Å²) in [6, 6.07) is 19.2. The zero-order valence-electron chi connectivity index (χ0n) is 12.1. The van der Waals surface area contributed by atoms with Crippen LogP contribution < -0.4 is 0 Å². The fourth-order valence-electron chi connectivity index (χ4n) is 1.97. The lowest BCUT2D eigenvalue weighted by atomic mass is 10.1. The molecule has 3 heteroatoms. The summed E-state index contributed by atoms with van der Waals surface area (Å²) in [5, 5.41) is 0.